The Morgan fingerprint density at radius 2 is 1.54 bits per heavy atom. The zero-order valence-corrected chi connectivity index (χ0v) is 20.8. The molecule has 35 heavy (non-hydrogen) atoms. The molecule has 2 rings (SSSR count). The second-order valence-corrected chi connectivity index (χ2v) is 9.99. The smallest absolute Gasteiger partial charge is 0.361 e. The molecule has 9 nitrogen and oxygen atoms in total. The summed E-state index contributed by atoms with van der Waals surface area (Å²) in [4.78, 5) is 10.9. The first-order chi connectivity index (χ1) is 16.3. The molecule has 14 heteroatoms. The summed E-state index contributed by atoms with van der Waals surface area (Å²) in [7, 11) is -3.99. The molecule has 0 radical (unpaired) electrons. The number of hydrogen-bond acceptors (Lipinski definition) is 6. The van der Waals surface area contributed by atoms with E-state index in [1.807, 2.05) is 0 Å². The van der Waals surface area contributed by atoms with Crippen molar-refractivity contribution in [1.29, 1.82) is 0 Å². The van der Waals surface area contributed by atoms with Gasteiger partial charge in [-0.3, -0.25) is 31.2 Å². The standard InChI is InChI=1S/C21H27F3N6O3S2/c1-13(2)10-11-25-20(34)29-27-17-5-4-14(3)18(12-17)35(32,33)30-16-8-6-15(7-9-16)26-28-19(31)21(22,23)24/h4-9,12-13,26-27,30H,10-11H2,1-3H3,(H,28,31)(H2,25,29,34). The predicted octanol–water partition coefficient (Wildman–Crippen LogP) is 3.64. The van der Waals surface area contributed by atoms with E-state index >= 15 is 0 Å². The maximum Gasteiger partial charge on any atom is 0.472 e. The highest BCUT2D eigenvalue weighted by molar-refractivity contribution is 7.92. The van der Waals surface area contributed by atoms with Gasteiger partial charge in [-0.2, -0.15) is 13.2 Å². The van der Waals surface area contributed by atoms with Crippen LogP contribution >= 0.6 is 12.2 Å². The SMILES string of the molecule is Cc1ccc(NNC(=S)NCCC(C)C)cc1S(=O)(=O)Nc1ccc(NNC(=O)C(F)(F)F)cc1. The van der Waals surface area contributed by atoms with Crippen molar-refractivity contribution in [3.63, 3.8) is 0 Å². The lowest BCUT2D eigenvalue weighted by molar-refractivity contribution is -0.173. The molecular weight excluding hydrogens is 505 g/mol. The van der Waals surface area contributed by atoms with Crippen LogP contribution in [0.1, 0.15) is 25.8 Å². The fraction of sp³-hybridized carbons (Fsp3) is 0.333. The Labute approximate surface area is 207 Å². The van der Waals surface area contributed by atoms with Crippen LogP contribution in [0.5, 0.6) is 0 Å². The summed E-state index contributed by atoms with van der Waals surface area (Å²) in [5.74, 6) is -1.63. The number of carbonyl (C=O) groups excluding carboxylic acids is 1. The lowest BCUT2D eigenvalue weighted by Gasteiger charge is -2.16. The number of thiocarbonyl (C=S) groups is 1. The van der Waals surface area contributed by atoms with Crippen molar-refractivity contribution in [3.05, 3.63) is 48.0 Å². The number of sulfonamides is 1. The Balaban J connectivity index is 2.01. The van der Waals surface area contributed by atoms with Gasteiger partial charge in [-0.15, -0.1) is 0 Å². The number of halogens is 3. The third kappa shape index (κ3) is 9.13. The molecule has 1 amide bonds. The highest BCUT2D eigenvalue weighted by atomic mass is 32.2. The van der Waals surface area contributed by atoms with Crippen LogP contribution < -0.4 is 31.7 Å². The lowest BCUT2D eigenvalue weighted by atomic mass is 10.1. The van der Waals surface area contributed by atoms with E-state index in [1.54, 1.807) is 19.1 Å². The van der Waals surface area contributed by atoms with Crippen LogP contribution in [-0.2, 0) is 14.8 Å². The maximum absolute atomic E-state index is 12.9. The molecule has 192 valence electrons. The molecule has 0 aliphatic rings. The van der Waals surface area contributed by atoms with E-state index in [9.17, 15) is 26.4 Å². The van der Waals surface area contributed by atoms with Crippen LogP contribution in [0.4, 0.5) is 30.2 Å². The Morgan fingerprint density at radius 3 is 2.14 bits per heavy atom. The summed E-state index contributed by atoms with van der Waals surface area (Å²) in [5, 5.41) is 3.41. The molecular formula is C21H27F3N6O3S2. The van der Waals surface area contributed by atoms with Crippen molar-refractivity contribution >= 4 is 50.3 Å². The molecule has 2 aromatic carbocycles. The first-order valence-electron chi connectivity index (χ1n) is 10.4. The lowest BCUT2D eigenvalue weighted by Crippen LogP contribution is -2.40. The van der Waals surface area contributed by atoms with Crippen LogP contribution in [0.15, 0.2) is 47.4 Å². The van der Waals surface area contributed by atoms with Gasteiger partial charge in [0.15, 0.2) is 5.11 Å². The van der Waals surface area contributed by atoms with Gasteiger partial charge in [0.2, 0.25) is 0 Å². The quantitative estimate of drug-likeness (QED) is 0.203. The molecule has 0 aliphatic heterocycles. The normalized spacial score (nSPS) is 11.5. The van der Waals surface area contributed by atoms with Crippen LogP contribution in [0, 0.1) is 12.8 Å². The van der Waals surface area contributed by atoms with Crippen molar-refractivity contribution in [2.75, 3.05) is 22.1 Å². The van der Waals surface area contributed by atoms with Crippen molar-refractivity contribution in [2.24, 2.45) is 5.92 Å². The van der Waals surface area contributed by atoms with Gasteiger partial charge in [0, 0.05) is 12.2 Å². The number of nitrogens with one attached hydrogen (secondary N) is 6. The van der Waals surface area contributed by atoms with E-state index in [0.717, 1.165) is 6.42 Å². The van der Waals surface area contributed by atoms with E-state index in [1.165, 1.54) is 35.8 Å². The number of benzene rings is 2. The van der Waals surface area contributed by atoms with Gasteiger partial charge in [0.1, 0.15) is 0 Å². The van der Waals surface area contributed by atoms with Crippen LogP contribution in [0.3, 0.4) is 0 Å². The number of aryl methyl sites for hydroxylation is 1. The number of carbonyl (C=O) groups is 1. The van der Waals surface area contributed by atoms with Crippen LogP contribution in [-0.4, -0.2) is 32.2 Å². The number of hydrazine groups is 2. The molecule has 0 atom stereocenters. The summed E-state index contributed by atoms with van der Waals surface area (Å²) >= 11 is 5.19. The van der Waals surface area contributed by atoms with Gasteiger partial charge in [-0.05, 0) is 73.4 Å². The average molecular weight is 533 g/mol. The molecule has 0 aliphatic carbocycles. The minimum Gasteiger partial charge on any atom is -0.361 e. The third-order valence-electron chi connectivity index (χ3n) is 4.52. The van der Waals surface area contributed by atoms with Crippen LogP contribution in [0.25, 0.3) is 0 Å². The van der Waals surface area contributed by atoms with E-state index in [2.05, 4.69) is 40.2 Å². The molecule has 0 fully saturated rings. The number of alkyl halides is 3. The van der Waals surface area contributed by atoms with Gasteiger partial charge in [0.05, 0.1) is 16.3 Å². The van der Waals surface area contributed by atoms with Gasteiger partial charge >= 0.3 is 12.1 Å². The predicted molar refractivity (Wildman–Crippen MR) is 133 cm³/mol. The molecule has 0 heterocycles. The number of rotatable bonds is 10. The largest absolute Gasteiger partial charge is 0.472 e. The molecule has 0 spiro atoms. The third-order valence-corrected chi connectivity index (χ3v) is 6.29. The summed E-state index contributed by atoms with van der Waals surface area (Å²) in [6, 6.07) is 10.0. The number of anilines is 3. The Bertz CT molecular complexity index is 1140. The first-order valence-corrected chi connectivity index (χ1v) is 12.3. The summed E-state index contributed by atoms with van der Waals surface area (Å²) in [6.45, 7) is 6.54. The molecule has 2 aromatic rings. The molecule has 0 saturated carbocycles. The van der Waals surface area contributed by atoms with E-state index < -0.39 is 22.1 Å². The van der Waals surface area contributed by atoms with E-state index in [0.29, 0.717) is 28.8 Å². The zero-order chi connectivity index (χ0) is 26.2. The fourth-order valence-electron chi connectivity index (χ4n) is 2.65. The van der Waals surface area contributed by atoms with E-state index in [-0.39, 0.29) is 16.3 Å². The minimum absolute atomic E-state index is 0.0163. The zero-order valence-electron chi connectivity index (χ0n) is 19.2. The molecule has 6 N–H and O–H groups in total. The van der Waals surface area contributed by atoms with Crippen molar-refractivity contribution in [1.82, 2.24) is 16.2 Å². The molecule has 0 bridgehead atoms. The second-order valence-electron chi connectivity index (χ2n) is 7.93. The maximum atomic E-state index is 12.9. The average Bonchev–Trinajstić information content (AvgIpc) is 2.76. The van der Waals surface area contributed by atoms with Crippen molar-refractivity contribution < 1.29 is 26.4 Å². The highest BCUT2D eigenvalue weighted by Gasteiger charge is 2.38. The molecule has 0 aromatic heterocycles. The van der Waals surface area contributed by atoms with Gasteiger partial charge in [-0.1, -0.05) is 19.9 Å². The Morgan fingerprint density at radius 1 is 0.971 bits per heavy atom. The number of hydrogen-bond donors (Lipinski definition) is 6. The van der Waals surface area contributed by atoms with Crippen LogP contribution in [0.2, 0.25) is 0 Å². The Hall–Kier alpha value is -3.26. The summed E-state index contributed by atoms with van der Waals surface area (Å²) in [5.41, 5.74) is 10.5. The number of amides is 1. The monoisotopic (exact) mass is 532 g/mol. The van der Waals surface area contributed by atoms with Crippen molar-refractivity contribution in [2.45, 2.75) is 38.3 Å². The van der Waals surface area contributed by atoms with Gasteiger partial charge < -0.3 is 5.32 Å². The van der Waals surface area contributed by atoms with E-state index in [4.69, 9.17) is 12.2 Å². The summed E-state index contributed by atoms with van der Waals surface area (Å²) < 4.78 is 65.0. The van der Waals surface area contributed by atoms with Gasteiger partial charge in [-0.25, -0.2) is 8.42 Å². The minimum atomic E-state index is -5.03. The molecule has 0 unspecified atom stereocenters. The molecule has 0 saturated heterocycles. The second kappa shape index (κ2) is 11.9. The first kappa shape index (κ1) is 28.0. The fourth-order valence-corrected chi connectivity index (χ4v) is 4.13. The van der Waals surface area contributed by atoms with Crippen molar-refractivity contribution in [3.8, 4) is 0 Å². The summed E-state index contributed by atoms with van der Waals surface area (Å²) in [6.07, 6.45) is -4.09. The Kier molecular flexibility index (Phi) is 9.54. The highest BCUT2D eigenvalue weighted by Crippen LogP contribution is 2.23. The van der Waals surface area contributed by atoms with Gasteiger partial charge in [0.25, 0.3) is 10.0 Å². The topological polar surface area (TPSA) is 123 Å².